The van der Waals surface area contributed by atoms with Crippen LogP contribution < -0.4 is 22.0 Å². The Hall–Kier alpha value is -2.69. The fourth-order valence-corrected chi connectivity index (χ4v) is 2.95. The molecule has 2 rings (SSSR count). The quantitative estimate of drug-likeness (QED) is 0.801. The van der Waals surface area contributed by atoms with Gasteiger partial charge in [0.25, 0.3) is 5.91 Å². The fraction of sp³-hybridized carbons (Fsp3) is 0.316. The molecule has 0 atom stereocenters. The van der Waals surface area contributed by atoms with E-state index < -0.39 is 5.91 Å². The van der Waals surface area contributed by atoms with Crippen LogP contribution in [0.1, 0.15) is 49.5 Å². The largest absolute Gasteiger partial charge is 0.508 e. The molecule has 0 saturated heterocycles. The molecule has 5 heteroatoms. The van der Waals surface area contributed by atoms with Gasteiger partial charge in [-0.05, 0) is 43.9 Å². The number of aromatic nitrogens is 1. The lowest BCUT2D eigenvalue weighted by Gasteiger charge is -2.12. The molecule has 0 unspecified atom stereocenters. The summed E-state index contributed by atoms with van der Waals surface area (Å²) in [6, 6.07) is 5.10. The second-order valence-electron chi connectivity index (χ2n) is 5.94. The summed E-state index contributed by atoms with van der Waals surface area (Å²) in [5, 5.41) is 11.5. The Morgan fingerprint density at radius 3 is 2.54 bits per heavy atom. The molecule has 0 aliphatic heterocycles. The van der Waals surface area contributed by atoms with Gasteiger partial charge in [-0.25, -0.2) is 0 Å². The van der Waals surface area contributed by atoms with Crippen molar-refractivity contribution >= 4 is 23.4 Å². The molecule has 1 aromatic heterocycles. The Bertz CT molecular complexity index is 908. The number of carbonyl (C=O) groups excluding carboxylic acids is 1. The SMILES string of the molecule is CC/C=c1\c(C(N)=O)c(N)n(-c2cc(O)ccc2C)\c1=C(\C)CC. The van der Waals surface area contributed by atoms with Crippen LogP contribution >= 0.6 is 0 Å². The third kappa shape index (κ3) is 2.89. The number of phenolic OH excluding ortho intramolecular Hbond substituents is 1. The topological polar surface area (TPSA) is 94.3 Å². The third-order valence-electron chi connectivity index (χ3n) is 4.27. The van der Waals surface area contributed by atoms with Gasteiger partial charge >= 0.3 is 0 Å². The van der Waals surface area contributed by atoms with Crippen molar-refractivity contribution in [1.82, 2.24) is 4.57 Å². The van der Waals surface area contributed by atoms with Gasteiger partial charge in [-0.3, -0.25) is 9.36 Å². The maximum absolute atomic E-state index is 12.0. The number of rotatable bonds is 4. The third-order valence-corrected chi connectivity index (χ3v) is 4.27. The number of nitrogen functional groups attached to an aromatic ring is 1. The van der Waals surface area contributed by atoms with Gasteiger partial charge in [0.15, 0.2) is 0 Å². The van der Waals surface area contributed by atoms with Crippen molar-refractivity contribution in [3.8, 4) is 11.4 Å². The van der Waals surface area contributed by atoms with Gasteiger partial charge in [-0.15, -0.1) is 0 Å². The van der Waals surface area contributed by atoms with Crippen LogP contribution in [0.3, 0.4) is 0 Å². The van der Waals surface area contributed by atoms with Crippen molar-refractivity contribution in [1.29, 1.82) is 0 Å². The highest BCUT2D eigenvalue weighted by Gasteiger charge is 2.19. The number of aryl methyl sites for hydroxylation is 1. The first-order valence-electron chi connectivity index (χ1n) is 8.13. The Balaban J connectivity index is 3.13. The maximum Gasteiger partial charge on any atom is 0.253 e. The summed E-state index contributed by atoms with van der Waals surface area (Å²) in [6.45, 7) is 8.01. The van der Waals surface area contributed by atoms with E-state index in [-0.39, 0.29) is 5.75 Å². The summed E-state index contributed by atoms with van der Waals surface area (Å²) in [4.78, 5) is 12.0. The van der Waals surface area contributed by atoms with Gasteiger partial charge in [-0.1, -0.05) is 26.0 Å². The van der Waals surface area contributed by atoms with Crippen molar-refractivity contribution < 1.29 is 9.90 Å². The Labute approximate surface area is 141 Å². The summed E-state index contributed by atoms with van der Waals surface area (Å²) < 4.78 is 1.83. The second-order valence-corrected chi connectivity index (χ2v) is 5.94. The minimum absolute atomic E-state index is 0.144. The Kier molecular flexibility index (Phi) is 5.02. The van der Waals surface area contributed by atoms with E-state index in [4.69, 9.17) is 11.5 Å². The number of amides is 1. The normalized spacial score (nSPS) is 13.2. The maximum atomic E-state index is 12.0. The highest BCUT2D eigenvalue weighted by molar-refractivity contribution is 5.98. The monoisotopic (exact) mass is 327 g/mol. The van der Waals surface area contributed by atoms with Gasteiger partial charge in [0, 0.05) is 11.3 Å². The van der Waals surface area contributed by atoms with Gasteiger partial charge in [0.2, 0.25) is 0 Å². The number of primary amides is 1. The number of phenols is 1. The molecule has 128 valence electrons. The molecule has 24 heavy (non-hydrogen) atoms. The standard InChI is InChI=1S/C19H25N3O2/c1-5-7-14-16(19(21)24)18(20)22(17(14)11(3)6-2)15-10-13(23)9-8-12(15)4/h7-10,23H,5-6,20H2,1-4H3,(H2,21,24)/b14-7+,17-11-. The van der Waals surface area contributed by atoms with Gasteiger partial charge in [-0.2, -0.15) is 0 Å². The predicted molar refractivity (Wildman–Crippen MR) is 98.5 cm³/mol. The van der Waals surface area contributed by atoms with Crippen LogP contribution in [0, 0.1) is 6.92 Å². The summed E-state index contributed by atoms with van der Waals surface area (Å²) >= 11 is 0. The van der Waals surface area contributed by atoms with Crippen molar-refractivity contribution in [3.63, 3.8) is 0 Å². The number of aromatic hydroxyl groups is 1. The van der Waals surface area contributed by atoms with E-state index in [0.29, 0.717) is 11.4 Å². The van der Waals surface area contributed by atoms with Crippen LogP contribution in [0.25, 0.3) is 17.3 Å². The molecule has 0 saturated carbocycles. The predicted octanol–water partition coefficient (Wildman–Crippen LogP) is 1.94. The second kappa shape index (κ2) is 6.83. The van der Waals surface area contributed by atoms with Crippen LogP contribution in [0.2, 0.25) is 0 Å². The average Bonchev–Trinajstić information content (AvgIpc) is 2.81. The molecule has 5 N–H and O–H groups in total. The van der Waals surface area contributed by atoms with Crippen LogP contribution in [0.15, 0.2) is 18.2 Å². The minimum Gasteiger partial charge on any atom is -0.508 e. The first kappa shape index (κ1) is 17.7. The lowest BCUT2D eigenvalue weighted by atomic mass is 10.1. The van der Waals surface area contributed by atoms with Gasteiger partial charge in [0.05, 0.1) is 16.6 Å². The lowest BCUT2D eigenvalue weighted by molar-refractivity contribution is 0.100. The Morgan fingerprint density at radius 1 is 1.33 bits per heavy atom. The smallest absolute Gasteiger partial charge is 0.253 e. The summed E-state index contributed by atoms with van der Waals surface area (Å²) in [7, 11) is 0. The number of benzene rings is 1. The number of nitrogens with zero attached hydrogens (tertiary/aromatic N) is 1. The molecule has 5 nitrogen and oxygen atoms in total. The summed E-state index contributed by atoms with van der Waals surface area (Å²) in [5.41, 5.74) is 15.0. The molecule has 1 heterocycles. The zero-order valence-corrected chi connectivity index (χ0v) is 14.7. The molecule has 0 bridgehead atoms. The molecule has 2 aromatic rings. The Morgan fingerprint density at radius 2 is 2.00 bits per heavy atom. The number of anilines is 1. The molecule has 0 aliphatic rings. The first-order valence-corrected chi connectivity index (χ1v) is 8.13. The van der Waals surface area contributed by atoms with Crippen molar-refractivity contribution in [2.45, 2.75) is 40.5 Å². The molecule has 0 fully saturated rings. The molecular formula is C19H25N3O2. The van der Waals surface area contributed by atoms with Crippen LogP contribution in [-0.4, -0.2) is 15.6 Å². The van der Waals surface area contributed by atoms with E-state index in [2.05, 4.69) is 6.92 Å². The van der Waals surface area contributed by atoms with Gasteiger partial charge < -0.3 is 16.6 Å². The van der Waals surface area contributed by atoms with Crippen molar-refractivity contribution in [2.75, 3.05) is 5.73 Å². The molecule has 0 aliphatic carbocycles. The number of carbonyl (C=O) groups is 1. The van der Waals surface area contributed by atoms with E-state index in [1.165, 1.54) is 0 Å². The molecule has 0 radical (unpaired) electrons. The van der Waals surface area contributed by atoms with E-state index in [9.17, 15) is 9.90 Å². The summed E-state index contributed by atoms with van der Waals surface area (Å²) in [5.74, 6) is -0.0990. The van der Waals surface area contributed by atoms with E-state index in [1.54, 1.807) is 12.1 Å². The first-order chi connectivity index (χ1) is 11.3. The van der Waals surface area contributed by atoms with Gasteiger partial charge in [0.1, 0.15) is 11.6 Å². The van der Waals surface area contributed by atoms with Crippen molar-refractivity contribution in [3.05, 3.63) is 39.9 Å². The number of hydrogen-bond acceptors (Lipinski definition) is 3. The zero-order chi connectivity index (χ0) is 18.0. The zero-order valence-electron chi connectivity index (χ0n) is 14.7. The highest BCUT2D eigenvalue weighted by Crippen LogP contribution is 2.22. The lowest BCUT2D eigenvalue weighted by Crippen LogP contribution is -2.34. The van der Waals surface area contributed by atoms with Crippen LogP contribution in [0.5, 0.6) is 5.75 Å². The van der Waals surface area contributed by atoms with E-state index >= 15 is 0 Å². The van der Waals surface area contributed by atoms with Crippen LogP contribution in [-0.2, 0) is 0 Å². The molecular weight excluding hydrogens is 302 g/mol. The molecule has 1 aromatic carbocycles. The molecule has 0 spiro atoms. The minimum atomic E-state index is -0.547. The number of hydrogen-bond donors (Lipinski definition) is 3. The van der Waals surface area contributed by atoms with Crippen molar-refractivity contribution in [2.24, 2.45) is 5.73 Å². The fourth-order valence-electron chi connectivity index (χ4n) is 2.95. The van der Waals surface area contributed by atoms with E-state index in [0.717, 1.165) is 40.2 Å². The van der Waals surface area contributed by atoms with E-state index in [1.807, 2.05) is 37.5 Å². The molecule has 1 amide bonds. The highest BCUT2D eigenvalue weighted by atomic mass is 16.3. The summed E-state index contributed by atoms with van der Waals surface area (Å²) in [6.07, 6.45) is 3.54. The van der Waals surface area contributed by atoms with Crippen LogP contribution in [0.4, 0.5) is 5.82 Å². The average molecular weight is 327 g/mol. The number of nitrogens with two attached hydrogens (primary N) is 2.